The zero-order valence-corrected chi connectivity index (χ0v) is 17.6. The van der Waals surface area contributed by atoms with E-state index in [4.69, 9.17) is 9.57 Å². The van der Waals surface area contributed by atoms with Crippen LogP contribution in [-0.4, -0.2) is 62.0 Å². The average Bonchev–Trinajstić information content (AvgIpc) is 2.60. The third-order valence-corrected chi connectivity index (χ3v) is 5.64. The molecule has 0 spiro atoms. The van der Waals surface area contributed by atoms with Gasteiger partial charge >= 0.3 is 5.97 Å². The van der Waals surface area contributed by atoms with Crippen molar-refractivity contribution in [3.8, 4) is 0 Å². The van der Waals surface area contributed by atoms with Gasteiger partial charge in [0.1, 0.15) is 0 Å². The molecule has 1 aromatic carbocycles. The van der Waals surface area contributed by atoms with Gasteiger partial charge in [0.25, 0.3) is 15.9 Å². The van der Waals surface area contributed by atoms with Crippen LogP contribution in [0.3, 0.4) is 0 Å². The Morgan fingerprint density at radius 2 is 1.59 bits per heavy atom. The Morgan fingerprint density at radius 3 is 2.07 bits per heavy atom. The quantitative estimate of drug-likeness (QED) is 0.490. The Balaban J connectivity index is 3.01. The number of rotatable bonds is 8. The van der Waals surface area contributed by atoms with Gasteiger partial charge in [0, 0.05) is 19.1 Å². The van der Waals surface area contributed by atoms with E-state index in [0.29, 0.717) is 4.47 Å². The highest BCUT2D eigenvalue weighted by Crippen LogP contribution is 2.18. The number of carbonyl (C=O) groups is 2. The van der Waals surface area contributed by atoms with E-state index in [0.717, 1.165) is 0 Å². The van der Waals surface area contributed by atoms with Crippen LogP contribution in [0.4, 0.5) is 0 Å². The summed E-state index contributed by atoms with van der Waals surface area (Å²) in [6.07, 6.45) is -0.996. The topological polar surface area (TPSA) is 93.2 Å². The number of amides is 1. The van der Waals surface area contributed by atoms with Crippen molar-refractivity contribution in [2.24, 2.45) is 0 Å². The summed E-state index contributed by atoms with van der Waals surface area (Å²) in [5, 5.41) is 0. The lowest BCUT2D eigenvalue weighted by Crippen LogP contribution is -2.47. The highest BCUT2D eigenvalue weighted by atomic mass is 32.2. The van der Waals surface area contributed by atoms with Crippen molar-refractivity contribution in [2.75, 3.05) is 14.2 Å². The lowest BCUT2D eigenvalue weighted by molar-refractivity contribution is -0.143. The minimum atomic E-state index is -3.90. The van der Waals surface area contributed by atoms with Crippen LogP contribution in [-0.2, 0) is 24.4 Å². The van der Waals surface area contributed by atoms with Crippen LogP contribution in [0.1, 0.15) is 45.0 Å². The predicted molar refractivity (Wildman–Crippen MR) is 100 cm³/mol. The maximum absolute atomic E-state index is 12.6. The fraction of sp³-hybridized carbons (Fsp3) is 0.556. The van der Waals surface area contributed by atoms with Crippen molar-refractivity contribution in [3.05, 3.63) is 29.8 Å². The number of carbonyl (C=O) groups excluding carboxylic acids is 2. The summed E-state index contributed by atoms with van der Waals surface area (Å²) in [7, 11) is -1.43. The minimum absolute atomic E-state index is 0.0286. The normalized spacial score (nSPS) is 13.1. The molecule has 0 aliphatic heterocycles. The Morgan fingerprint density at radius 1 is 1.04 bits per heavy atom. The molecule has 9 heteroatoms. The molecule has 0 N–H and O–H groups in total. The molecule has 0 saturated carbocycles. The van der Waals surface area contributed by atoms with Gasteiger partial charge in [-0.1, -0.05) is 10.5 Å². The van der Waals surface area contributed by atoms with Gasteiger partial charge in [-0.05, 0) is 52.8 Å². The molecule has 0 aliphatic rings. The first-order valence-electron chi connectivity index (χ1n) is 8.59. The number of benzene rings is 1. The number of ether oxygens (including phenoxy) is 1. The van der Waals surface area contributed by atoms with Gasteiger partial charge in [-0.2, -0.15) is 0 Å². The molecule has 0 heterocycles. The summed E-state index contributed by atoms with van der Waals surface area (Å²) in [6.45, 7) is 9.03. The zero-order chi connectivity index (χ0) is 20.9. The Bertz CT molecular complexity index is 768. The van der Waals surface area contributed by atoms with E-state index in [9.17, 15) is 18.0 Å². The molecular formula is C18H28N2O6S. The van der Waals surface area contributed by atoms with E-state index < -0.39 is 22.1 Å². The molecule has 1 aromatic rings. The first kappa shape index (κ1) is 23.1. The largest absolute Gasteiger partial charge is 0.449 e. The van der Waals surface area contributed by atoms with Crippen molar-refractivity contribution in [1.82, 2.24) is 9.37 Å². The number of hydroxylamine groups is 1. The van der Waals surface area contributed by atoms with E-state index in [1.165, 1.54) is 45.3 Å². The van der Waals surface area contributed by atoms with Crippen LogP contribution in [0.2, 0.25) is 0 Å². The summed E-state index contributed by atoms with van der Waals surface area (Å²) < 4.78 is 30.5. The van der Waals surface area contributed by atoms with Gasteiger partial charge in [0.15, 0.2) is 6.10 Å². The standard InChI is InChI=1S/C18H28N2O6S/c1-12(2)20(13(3)4)17(21)14(5)26-18(22)15-9-8-10-16(11-15)27(23,24)19(6)25-7/h8-14H,1-7H3/t14-/m1/s1. The number of hydrogen-bond acceptors (Lipinski definition) is 6. The highest BCUT2D eigenvalue weighted by molar-refractivity contribution is 7.89. The molecule has 0 fully saturated rings. The molecule has 0 bridgehead atoms. The van der Waals surface area contributed by atoms with Crippen molar-refractivity contribution in [2.45, 2.75) is 57.7 Å². The summed E-state index contributed by atoms with van der Waals surface area (Å²) in [5.41, 5.74) is 0.0286. The molecule has 1 rings (SSSR count). The molecule has 152 valence electrons. The molecule has 1 amide bonds. The fourth-order valence-corrected chi connectivity index (χ4v) is 3.64. The molecule has 1 atom stereocenters. The predicted octanol–water partition coefficient (Wildman–Crippen LogP) is 2.06. The second-order valence-electron chi connectivity index (χ2n) is 6.61. The van der Waals surface area contributed by atoms with Gasteiger partial charge in [0.2, 0.25) is 0 Å². The molecule has 0 aromatic heterocycles. The molecule has 27 heavy (non-hydrogen) atoms. The van der Waals surface area contributed by atoms with Crippen LogP contribution in [0.15, 0.2) is 29.2 Å². The fourth-order valence-electron chi connectivity index (χ4n) is 2.62. The Hall–Kier alpha value is -1.97. The molecule has 0 aliphatic carbocycles. The third kappa shape index (κ3) is 5.50. The number of nitrogens with zero attached hydrogens (tertiary/aromatic N) is 2. The molecular weight excluding hydrogens is 372 g/mol. The second-order valence-corrected chi connectivity index (χ2v) is 8.54. The van der Waals surface area contributed by atoms with Gasteiger partial charge in [-0.25, -0.2) is 13.2 Å². The SMILES string of the molecule is CON(C)S(=O)(=O)c1cccc(C(=O)O[C@H](C)C(=O)N(C(C)C)C(C)C)c1. The van der Waals surface area contributed by atoms with Crippen LogP contribution in [0.5, 0.6) is 0 Å². The van der Waals surface area contributed by atoms with Gasteiger partial charge in [-0.15, -0.1) is 0 Å². The molecule has 0 radical (unpaired) electrons. The van der Waals surface area contributed by atoms with Crippen molar-refractivity contribution in [3.63, 3.8) is 0 Å². The first-order valence-corrected chi connectivity index (χ1v) is 10.0. The summed E-state index contributed by atoms with van der Waals surface area (Å²) in [5.74, 6) is -1.09. The third-order valence-electron chi connectivity index (χ3n) is 3.96. The monoisotopic (exact) mass is 400 g/mol. The zero-order valence-electron chi connectivity index (χ0n) is 16.8. The summed E-state index contributed by atoms with van der Waals surface area (Å²) in [6, 6.07) is 5.29. The van der Waals surface area contributed by atoms with Gasteiger partial charge in [0.05, 0.1) is 17.6 Å². The van der Waals surface area contributed by atoms with Crippen LogP contribution in [0, 0.1) is 0 Å². The smallest absolute Gasteiger partial charge is 0.338 e. The summed E-state index contributed by atoms with van der Waals surface area (Å²) in [4.78, 5) is 31.2. The van der Waals surface area contributed by atoms with Crippen LogP contribution < -0.4 is 0 Å². The summed E-state index contributed by atoms with van der Waals surface area (Å²) >= 11 is 0. The Labute approximate surface area is 161 Å². The van der Waals surface area contributed by atoms with Crippen molar-refractivity contribution >= 4 is 21.9 Å². The van der Waals surface area contributed by atoms with E-state index in [-0.39, 0.29) is 28.4 Å². The van der Waals surface area contributed by atoms with E-state index in [1.54, 1.807) is 4.90 Å². The van der Waals surface area contributed by atoms with Crippen LogP contribution in [0.25, 0.3) is 0 Å². The van der Waals surface area contributed by atoms with Crippen molar-refractivity contribution < 1.29 is 27.6 Å². The van der Waals surface area contributed by atoms with Crippen LogP contribution >= 0.6 is 0 Å². The minimum Gasteiger partial charge on any atom is -0.449 e. The molecule has 0 saturated heterocycles. The highest BCUT2D eigenvalue weighted by Gasteiger charge is 2.28. The maximum atomic E-state index is 12.6. The Kier molecular flexibility index (Phi) is 7.94. The number of hydrogen-bond donors (Lipinski definition) is 0. The van der Waals surface area contributed by atoms with Gasteiger partial charge in [-0.3, -0.25) is 9.63 Å². The van der Waals surface area contributed by atoms with Crippen molar-refractivity contribution in [1.29, 1.82) is 0 Å². The first-order chi connectivity index (χ1) is 12.4. The number of sulfonamides is 1. The molecule has 0 unspecified atom stereocenters. The van der Waals surface area contributed by atoms with E-state index in [2.05, 4.69) is 0 Å². The van der Waals surface area contributed by atoms with E-state index in [1.807, 2.05) is 27.7 Å². The second kappa shape index (κ2) is 9.29. The molecule has 8 nitrogen and oxygen atoms in total. The number of esters is 1. The van der Waals surface area contributed by atoms with Gasteiger partial charge < -0.3 is 9.64 Å². The maximum Gasteiger partial charge on any atom is 0.338 e. The van der Waals surface area contributed by atoms with E-state index >= 15 is 0 Å². The lowest BCUT2D eigenvalue weighted by atomic mass is 10.2. The lowest BCUT2D eigenvalue weighted by Gasteiger charge is -2.32. The average molecular weight is 400 g/mol.